The van der Waals surface area contributed by atoms with Crippen molar-refractivity contribution in [3.63, 3.8) is 0 Å². The number of nitriles is 1. The van der Waals surface area contributed by atoms with E-state index in [0.717, 1.165) is 11.1 Å². The molecule has 1 aliphatic rings. The third-order valence-electron chi connectivity index (χ3n) is 6.25. The third-order valence-corrected chi connectivity index (χ3v) is 6.25. The number of carbonyl (C=O) groups excluding carboxylic acids is 1. The number of rotatable bonds is 7. The van der Waals surface area contributed by atoms with Crippen molar-refractivity contribution in [1.82, 2.24) is 0 Å². The second kappa shape index (κ2) is 11.0. The Morgan fingerprint density at radius 2 is 1.68 bits per heavy atom. The summed E-state index contributed by atoms with van der Waals surface area (Å²) in [6.07, 6.45) is 0. The van der Waals surface area contributed by atoms with Crippen LogP contribution >= 0.6 is 0 Å². The van der Waals surface area contributed by atoms with Gasteiger partial charge < -0.3 is 19.9 Å². The lowest BCUT2D eigenvalue weighted by Gasteiger charge is -2.26. The molecule has 0 fully saturated rings. The van der Waals surface area contributed by atoms with Gasteiger partial charge in [-0.15, -0.1) is 0 Å². The Hall–Kier alpha value is -5.69. The van der Waals surface area contributed by atoms with Crippen molar-refractivity contribution in [3.05, 3.63) is 141 Å². The number of benzene rings is 4. The summed E-state index contributed by atoms with van der Waals surface area (Å²) in [4.78, 5) is 22.8. The van der Waals surface area contributed by atoms with E-state index in [1.54, 1.807) is 36.4 Å². The fraction of sp³-hybridized carbons (Fsp3) is 0.0667. The van der Waals surface area contributed by atoms with Gasteiger partial charge in [0.25, 0.3) is 5.69 Å². The Morgan fingerprint density at radius 1 is 1.00 bits per heavy atom. The minimum atomic E-state index is -0.709. The van der Waals surface area contributed by atoms with Gasteiger partial charge >= 0.3 is 5.97 Å². The topological polar surface area (TPSA) is 138 Å². The zero-order chi connectivity index (χ0) is 28.2. The third kappa shape index (κ3) is 5.44. The summed E-state index contributed by atoms with van der Waals surface area (Å²) < 4.78 is 30.0. The SMILES string of the molecule is N#CC1=C(N)Oc2cc(OC(=O)c3ccc([N+](=O)[O-])cc3)ccc2C1c1ccc(OCc2ccc(F)cc2)cc1. The lowest BCUT2D eigenvalue weighted by atomic mass is 9.83. The molecule has 9 nitrogen and oxygen atoms in total. The van der Waals surface area contributed by atoms with Crippen LogP contribution in [0.15, 0.2) is 102 Å². The molecule has 5 rings (SSSR count). The molecule has 0 radical (unpaired) electrons. The standard InChI is InChI=1S/C30H20FN3O6/c31-21-7-1-18(2-8-21)17-38-23-11-5-19(6-12-23)28-25-14-13-24(15-27(25)40-29(33)26(28)16-32)39-30(35)20-3-9-22(10-4-20)34(36)37/h1-15,28H,17,33H2. The molecule has 1 atom stereocenters. The highest BCUT2D eigenvalue weighted by molar-refractivity contribution is 5.91. The Balaban J connectivity index is 1.35. The molecule has 2 N–H and O–H groups in total. The van der Waals surface area contributed by atoms with E-state index in [-0.39, 0.29) is 40.9 Å². The molecule has 198 valence electrons. The van der Waals surface area contributed by atoms with Crippen LogP contribution in [0.5, 0.6) is 17.2 Å². The van der Waals surface area contributed by atoms with E-state index in [0.29, 0.717) is 17.1 Å². The van der Waals surface area contributed by atoms with Gasteiger partial charge in [0.05, 0.1) is 16.4 Å². The number of non-ortho nitro benzene ring substituents is 1. The van der Waals surface area contributed by atoms with Crippen LogP contribution in [0.2, 0.25) is 0 Å². The summed E-state index contributed by atoms with van der Waals surface area (Å²) in [5, 5.41) is 20.7. The first-order valence-electron chi connectivity index (χ1n) is 12.0. The van der Waals surface area contributed by atoms with Gasteiger partial charge in [-0.3, -0.25) is 10.1 Å². The van der Waals surface area contributed by atoms with Crippen LogP contribution < -0.4 is 19.9 Å². The second-order valence-corrected chi connectivity index (χ2v) is 8.80. The maximum Gasteiger partial charge on any atom is 0.343 e. The maximum atomic E-state index is 13.1. The van der Waals surface area contributed by atoms with Gasteiger partial charge in [0.15, 0.2) is 0 Å². The Bertz CT molecular complexity index is 1660. The number of nitro benzene ring substituents is 1. The molecule has 0 bridgehead atoms. The number of hydrogen-bond donors (Lipinski definition) is 1. The van der Waals surface area contributed by atoms with Crippen LogP contribution in [-0.4, -0.2) is 10.9 Å². The van der Waals surface area contributed by atoms with Gasteiger partial charge in [0, 0.05) is 23.8 Å². The van der Waals surface area contributed by atoms with E-state index < -0.39 is 16.8 Å². The quantitative estimate of drug-likeness (QED) is 0.136. The highest BCUT2D eigenvalue weighted by Crippen LogP contribution is 2.43. The average molecular weight is 538 g/mol. The molecule has 1 aliphatic heterocycles. The average Bonchev–Trinajstić information content (AvgIpc) is 2.96. The van der Waals surface area contributed by atoms with E-state index in [1.807, 2.05) is 12.1 Å². The number of nitrogens with zero attached hydrogens (tertiary/aromatic N) is 2. The molecule has 0 saturated carbocycles. The summed E-state index contributed by atoms with van der Waals surface area (Å²) in [5.74, 6) is -0.579. The number of hydrogen-bond acceptors (Lipinski definition) is 8. The van der Waals surface area contributed by atoms with Crippen LogP contribution in [0.25, 0.3) is 0 Å². The molecule has 0 aromatic heterocycles. The van der Waals surface area contributed by atoms with E-state index in [9.17, 15) is 24.6 Å². The van der Waals surface area contributed by atoms with Crippen molar-refractivity contribution in [2.45, 2.75) is 12.5 Å². The monoisotopic (exact) mass is 537 g/mol. The number of ether oxygens (including phenoxy) is 3. The summed E-state index contributed by atoms with van der Waals surface area (Å²) in [5.41, 5.74) is 8.51. The summed E-state index contributed by atoms with van der Waals surface area (Å²) in [6.45, 7) is 0.261. The van der Waals surface area contributed by atoms with Crippen molar-refractivity contribution in [2.24, 2.45) is 5.73 Å². The first-order chi connectivity index (χ1) is 19.3. The zero-order valence-electron chi connectivity index (χ0n) is 20.7. The number of halogens is 1. The van der Waals surface area contributed by atoms with Crippen LogP contribution in [0.4, 0.5) is 10.1 Å². The Morgan fingerprint density at radius 3 is 2.33 bits per heavy atom. The number of fused-ring (bicyclic) bond motifs is 1. The van der Waals surface area contributed by atoms with Crippen LogP contribution in [0, 0.1) is 27.3 Å². The van der Waals surface area contributed by atoms with E-state index in [2.05, 4.69) is 6.07 Å². The molecule has 4 aromatic carbocycles. The van der Waals surface area contributed by atoms with E-state index in [1.165, 1.54) is 42.5 Å². The van der Waals surface area contributed by atoms with Gasteiger partial charge in [-0.2, -0.15) is 5.26 Å². The maximum absolute atomic E-state index is 13.1. The smallest absolute Gasteiger partial charge is 0.343 e. The Kier molecular flexibility index (Phi) is 7.11. The van der Waals surface area contributed by atoms with Crippen molar-refractivity contribution >= 4 is 11.7 Å². The Labute approximate surface area is 227 Å². The highest BCUT2D eigenvalue weighted by Gasteiger charge is 2.31. The molecule has 10 heteroatoms. The van der Waals surface area contributed by atoms with Crippen LogP contribution in [0.3, 0.4) is 0 Å². The normalized spacial score (nSPS) is 13.9. The molecular formula is C30H20FN3O6. The number of carbonyl (C=O) groups is 1. The fourth-order valence-electron chi connectivity index (χ4n) is 4.23. The van der Waals surface area contributed by atoms with Gasteiger partial charge in [0.2, 0.25) is 5.88 Å². The molecule has 0 saturated heterocycles. The van der Waals surface area contributed by atoms with Crippen LogP contribution in [-0.2, 0) is 6.61 Å². The first kappa shape index (κ1) is 25.9. The van der Waals surface area contributed by atoms with E-state index >= 15 is 0 Å². The predicted molar refractivity (Wildman–Crippen MR) is 141 cm³/mol. The van der Waals surface area contributed by atoms with Gasteiger partial charge in [-0.1, -0.05) is 30.3 Å². The molecule has 0 aliphatic carbocycles. The predicted octanol–water partition coefficient (Wildman–Crippen LogP) is 5.75. The summed E-state index contributed by atoms with van der Waals surface area (Å²) in [6, 6.07) is 25.1. The first-order valence-corrected chi connectivity index (χ1v) is 12.0. The highest BCUT2D eigenvalue weighted by atomic mass is 19.1. The minimum absolute atomic E-state index is 0.0736. The zero-order valence-corrected chi connectivity index (χ0v) is 20.7. The number of nitro groups is 1. The molecule has 1 heterocycles. The minimum Gasteiger partial charge on any atom is -0.489 e. The molecule has 40 heavy (non-hydrogen) atoms. The fourth-order valence-corrected chi connectivity index (χ4v) is 4.23. The molecule has 0 amide bonds. The number of allylic oxidation sites excluding steroid dienone is 1. The van der Waals surface area contributed by atoms with Crippen molar-refractivity contribution < 1.29 is 28.3 Å². The molecular weight excluding hydrogens is 517 g/mol. The summed E-state index contributed by atoms with van der Waals surface area (Å²) in [7, 11) is 0. The van der Waals surface area contributed by atoms with Crippen molar-refractivity contribution in [1.29, 1.82) is 5.26 Å². The lowest BCUT2D eigenvalue weighted by molar-refractivity contribution is -0.384. The number of nitrogens with two attached hydrogens (primary N) is 1. The van der Waals surface area contributed by atoms with Crippen molar-refractivity contribution in [2.75, 3.05) is 0 Å². The molecule has 1 unspecified atom stereocenters. The van der Waals surface area contributed by atoms with Crippen molar-refractivity contribution in [3.8, 4) is 23.3 Å². The van der Waals surface area contributed by atoms with E-state index in [4.69, 9.17) is 19.9 Å². The molecule has 0 spiro atoms. The number of esters is 1. The second-order valence-electron chi connectivity index (χ2n) is 8.80. The summed E-state index contributed by atoms with van der Waals surface area (Å²) >= 11 is 0. The van der Waals surface area contributed by atoms with Crippen LogP contribution in [0.1, 0.15) is 33.0 Å². The van der Waals surface area contributed by atoms with Gasteiger partial charge in [-0.25, -0.2) is 9.18 Å². The van der Waals surface area contributed by atoms with Gasteiger partial charge in [0.1, 0.15) is 41.3 Å². The largest absolute Gasteiger partial charge is 0.489 e. The lowest BCUT2D eigenvalue weighted by Crippen LogP contribution is -2.21. The molecule has 4 aromatic rings. The van der Waals surface area contributed by atoms with Gasteiger partial charge in [-0.05, 0) is 53.6 Å².